The minimum Gasteiger partial charge on any atom is -0.355 e. The van der Waals surface area contributed by atoms with Gasteiger partial charge in [0.05, 0.1) is 22.8 Å². The second-order valence-corrected chi connectivity index (χ2v) is 18.7. The van der Waals surface area contributed by atoms with Gasteiger partial charge in [-0.3, -0.25) is 0 Å². The molecule has 16 bridgehead atoms. The molecular weight excluding hydrogens is 669 g/mol. The monoisotopic (exact) mass is 720 g/mol. The van der Waals surface area contributed by atoms with Crippen molar-refractivity contribution in [2.75, 3.05) is 0 Å². The van der Waals surface area contributed by atoms with Gasteiger partial charge in [0.2, 0.25) is 0 Å². The largest absolute Gasteiger partial charge is 0.355 e. The zero-order chi connectivity index (χ0) is 35.9. The lowest BCUT2D eigenvalue weighted by Gasteiger charge is -2.34. The molecule has 8 unspecified atom stereocenters. The molecule has 8 atom stereocenters. The average Bonchev–Trinajstić information content (AvgIpc) is 4.03. The van der Waals surface area contributed by atoms with E-state index in [1.54, 1.807) is 11.1 Å². The first kappa shape index (κ1) is 31.7. The Morgan fingerprint density at radius 2 is 0.800 bits per heavy atom. The van der Waals surface area contributed by atoms with E-state index in [0.29, 0.717) is 47.3 Å². The quantitative estimate of drug-likeness (QED) is 0.197. The number of hydrogen-bond donors (Lipinski definition) is 2. The number of aromatic amines is 2. The molecule has 5 heterocycles. The highest BCUT2D eigenvalue weighted by Crippen LogP contribution is 2.57. The highest BCUT2D eigenvalue weighted by atomic mass is 14.8. The number of nitrogens with zero attached hydrogens (tertiary/aromatic N) is 2. The summed E-state index contributed by atoms with van der Waals surface area (Å²) < 4.78 is 0. The van der Waals surface area contributed by atoms with Gasteiger partial charge in [0.15, 0.2) is 0 Å². The Kier molecular flexibility index (Phi) is 6.80. The van der Waals surface area contributed by atoms with Crippen LogP contribution in [0.2, 0.25) is 0 Å². The fraction of sp³-hybridized carbons (Fsp3) is 0.451. The predicted molar refractivity (Wildman–Crippen MR) is 226 cm³/mol. The van der Waals surface area contributed by atoms with Crippen molar-refractivity contribution in [3.63, 3.8) is 0 Å². The predicted octanol–water partition coefficient (Wildman–Crippen LogP) is 12.9. The molecule has 3 aromatic heterocycles. The van der Waals surface area contributed by atoms with Gasteiger partial charge >= 0.3 is 0 Å². The molecule has 2 aliphatic heterocycles. The van der Waals surface area contributed by atoms with E-state index in [4.69, 9.17) is 9.97 Å². The lowest BCUT2D eigenvalue weighted by molar-refractivity contribution is 0.556. The molecule has 4 heteroatoms. The van der Waals surface area contributed by atoms with Crippen molar-refractivity contribution in [3.05, 3.63) is 117 Å². The van der Waals surface area contributed by atoms with Crippen molar-refractivity contribution in [1.82, 2.24) is 19.9 Å². The van der Waals surface area contributed by atoms with Gasteiger partial charge in [-0.25, -0.2) is 9.97 Å². The van der Waals surface area contributed by atoms with Gasteiger partial charge in [-0.2, -0.15) is 0 Å². The fourth-order valence-electron chi connectivity index (χ4n) is 13.3. The van der Waals surface area contributed by atoms with E-state index in [0.717, 1.165) is 6.42 Å². The first-order chi connectivity index (χ1) is 27.2. The molecule has 0 spiro atoms. The number of H-pyrrole nitrogens is 2. The van der Waals surface area contributed by atoms with Crippen LogP contribution in [0.5, 0.6) is 0 Å². The number of hydrogen-bond acceptors (Lipinski definition) is 2. The van der Waals surface area contributed by atoms with Crippen LogP contribution < -0.4 is 0 Å². The Hall–Kier alpha value is -4.44. The Labute approximate surface area is 324 Å². The number of fused-ring (bicyclic) bond motifs is 12. The molecule has 0 saturated heterocycles. The first-order valence-electron chi connectivity index (χ1n) is 22.3. The molecule has 0 amide bonds. The van der Waals surface area contributed by atoms with Crippen LogP contribution >= 0.6 is 0 Å². The van der Waals surface area contributed by atoms with Crippen molar-refractivity contribution < 1.29 is 0 Å². The second-order valence-electron chi connectivity index (χ2n) is 18.7. The normalized spacial score (nSPS) is 30.8. The summed E-state index contributed by atoms with van der Waals surface area (Å²) >= 11 is 0. The maximum atomic E-state index is 5.89. The van der Waals surface area contributed by atoms with Crippen molar-refractivity contribution in [2.24, 2.45) is 23.7 Å². The third-order valence-electron chi connectivity index (χ3n) is 15.8. The zero-order valence-electron chi connectivity index (χ0n) is 32.3. The second kappa shape index (κ2) is 11.8. The summed E-state index contributed by atoms with van der Waals surface area (Å²) in [5, 5.41) is 0. The van der Waals surface area contributed by atoms with Crippen LogP contribution in [0.1, 0.15) is 165 Å². The molecule has 12 aliphatic carbocycles. The number of unbranched alkanes of at least 4 members (excludes halogenated alkanes) is 4. The van der Waals surface area contributed by atoms with Gasteiger partial charge in [0.1, 0.15) is 0 Å². The molecule has 55 heavy (non-hydrogen) atoms. The van der Waals surface area contributed by atoms with Gasteiger partial charge in [0, 0.05) is 75.0 Å². The van der Waals surface area contributed by atoms with E-state index in [9.17, 15) is 0 Å². The van der Waals surface area contributed by atoms with Gasteiger partial charge in [0.25, 0.3) is 0 Å². The average molecular weight is 721 g/mol. The van der Waals surface area contributed by atoms with Gasteiger partial charge in [-0.05, 0) is 127 Å². The summed E-state index contributed by atoms with van der Waals surface area (Å²) in [4.78, 5) is 20.0. The molecule has 0 saturated carbocycles. The fourth-order valence-corrected chi connectivity index (χ4v) is 13.3. The first-order valence-corrected chi connectivity index (χ1v) is 22.3. The van der Waals surface area contributed by atoms with Crippen molar-refractivity contribution >= 4 is 44.4 Å². The van der Waals surface area contributed by atoms with E-state index < -0.39 is 0 Å². The Balaban J connectivity index is 1.17. The Bertz CT molecular complexity index is 2410. The zero-order valence-corrected chi connectivity index (χ0v) is 32.3. The molecular formula is C51H52N4. The standard InChI is InChI=1S/C51H52N4/c1-2-3-4-5-6-7-35-50-48-33-20-16-31(17-21-33)46(48)40(54-50)25-38-44-29-12-8-27(9-13-29)42(44)36(52-38)24-37-43-28-10-14-30(15-11-28)45(43)39(53-37)26-41-47-32-18-22-34(23-19-32)49(47)51(35)55-41/h8,10,12,14,16,18,20,22,24-34,52-53H,2-7,9,11,13,15,17,19,21,23H2,1H3. The lowest BCUT2D eigenvalue weighted by atomic mass is 9.68. The van der Waals surface area contributed by atoms with Gasteiger partial charge < -0.3 is 9.97 Å². The minimum atomic E-state index is 0.447. The third-order valence-corrected chi connectivity index (χ3v) is 15.8. The highest BCUT2D eigenvalue weighted by molar-refractivity contribution is 6.02. The summed E-state index contributed by atoms with van der Waals surface area (Å²) in [5.74, 6) is 3.69. The van der Waals surface area contributed by atoms with E-state index in [2.05, 4.69) is 83.7 Å². The van der Waals surface area contributed by atoms with E-state index >= 15 is 0 Å². The third kappa shape index (κ3) is 4.46. The van der Waals surface area contributed by atoms with Crippen LogP contribution in [0.4, 0.5) is 0 Å². The van der Waals surface area contributed by atoms with Crippen molar-refractivity contribution in [1.29, 1.82) is 0 Å². The Morgan fingerprint density at radius 1 is 0.436 bits per heavy atom. The molecule has 14 aliphatic rings. The van der Waals surface area contributed by atoms with E-state index in [1.807, 2.05) is 0 Å². The molecule has 0 radical (unpaired) electrons. The van der Waals surface area contributed by atoms with E-state index in [1.165, 1.54) is 167 Å². The van der Waals surface area contributed by atoms with Gasteiger partial charge in [-0.1, -0.05) is 81.2 Å². The van der Waals surface area contributed by atoms with Crippen molar-refractivity contribution in [3.8, 4) is 0 Å². The van der Waals surface area contributed by atoms with Gasteiger partial charge in [-0.15, -0.1) is 0 Å². The topological polar surface area (TPSA) is 57.4 Å². The molecule has 17 rings (SSSR count). The SMILES string of the molecule is CCCCCCCc1c2nc(cc3[nH]c(cc4[nH]c(cc5nc1C1=C5C5C=CC1CC5)c1c4C4C=CC1CC4)c1c3C3C=CC1CC3)C1=C2C2C=CC1CC2. The lowest BCUT2D eigenvalue weighted by Crippen LogP contribution is -2.20. The smallest absolute Gasteiger partial charge is 0.0732 e. The number of nitrogens with one attached hydrogen (secondary N) is 2. The number of rotatable bonds is 6. The summed E-state index contributed by atoms with van der Waals surface area (Å²) in [7, 11) is 0. The molecule has 4 nitrogen and oxygen atoms in total. The summed E-state index contributed by atoms with van der Waals surface area (Å²) in [5.41, 5.74) is 23.9. The minimum absolute atomic E-state index is 0.447. The summed E-state index contributed by atoms with van der Waals surface area (Å²) in [6, 6.07) is 7.52. The van der Waals surface area contributed by atoms with Crippen LogP contribution in [0.25, 0.3) is 44.4 Å². The molecule has 2 N–H and O–H groups in total. The van der Waals surface area contributed by atoms with Crippen LogP contribution in [0.15, 0.2) is 66.8 Å². The van der Waals surface area contributed by atoms with Crippen LogP contribution in [0.3, 0.4) is 0 Å². The molecule has 3 aromatic rings. The molecule has 0 aromatic carbocycles. The van der Waals surface area contributed by atoms with Crippen LogP contribution in [-0.2, 0) is 6.42 Å². The highest BCUT2D eigenvalue weighted by Gasteiger charge is 2.43. The van der Waals surface area contributed by atoms with Crippen molar-refractivity contribution in [2.45, 2.75) is 120 Å². The maximum absolute atomic E-state index is 5.89. The molecule has 0 fully saturated rings. The molecule has 276 valence electrons. The van der Waals surface area contributed by atoms with E-state index in [-0.39, 0.29) is 0 Å². The summed E-state index contributed by atoms with van der Waals surface area (Å²) in [6.07, 6.45) is 37.5. The number of aromatic nitrogens is 4. The summed E-state index contributed by atoms with van der Waals surface area (Å²) in [6.45, 7) is 2.33. The van der Waals surface area contributed by atoms with Crippen LogP contribution in [-0.4, -0.2) is 19.9 Å². The maximum Gasteiger partial charge on any atom is 0.0732 e. The Morgan fingerprint density at radius 3 is 1.20 bits per heavy atom. The van der Waals surface area contributed by atoms with Crippen LogP contribution in [0, 0.1) is 23.7 Å². The number of allylic oxidation sites excluding steroid dienone is 12.